The number of nitrogens with zero attached hydrogens (tertiary/aromatic N) is 3. The van der Waals surface area contributed by atoms with Crippen molar-refractivity contribution in [3.63, 3.8) is 0 Å². The van der Waals surface area contributed by atoms with Crippen molar-refractivity contribution in [2.24, 2.45) is 0 Å². The van der Waals surface area contributed by atoms with Gasteiger partial charge in [-0.3, -0.25) is 4.68 Å². The van der Waals surface area contributed by atoms with Gasteiger partial charge in [0.25, 0.3) is 0 Å². The minimum absolute atomic E-state index is 0.0353. The Labute approximate surface area is 148 Å². The molecule has 1 aromatic carbocycles. The van der Waals surface area contributed by atoms with Gasteiger partial charge in [0.1, 0.15) is 0 Å². The number of rotatable bonds is 6. The molecule has 6 nitrogen and oxygen atoms in total. The third kappa shape index (κ3) is 4.82. The van der Waals surface area contributed by atoms with Crippen LogP contribution in [0.3, 0.4) is 0 Å². The molecule has 1 aliphatic rings. The van der Waals surface area contributed by atoms with Crippen LogP contribution >= 0.6 is 0 Å². The standard InChI is InChI=1S/C19H26N4O2/c1-25-12-11-22-15-17(14-20-22)21-19(24)23-10-6-5-9-18(23)13-16-7-3-2-4-8-16/h2-4,7-8,14-15,18H,5-6,9-13H2,1H3,(H,21,24). The predicted molar refractivity (Wildman–Crippen MR) is 97.6 cm³/mol. The third-order valence-electron chi connectivity index (χ3n) is 4.61. The maximum absolute atomic E-state index is 12.7. The molecular formula is C19H26N4O2. The minimum Gasteiger partial charge on any atom is -0.383 e. The van der Waals surface area contributed by atoms with E-state index in [0.717, 1.165) is 31.5 Å². The molecule has 1 atom stereocenters. The van der Waals surface area contributed by atoms with E-state index in [2.05, 4.69) is 34.7 Å². The van der Waals surface area contributed by atoms with Crippen LogP contribution in [-0.4, -0.2) is 47.0 Å². The van der Waals surface area contributed by atoms with E-state index in [1.807, 2.05) is 17.2 Å². The second kappa shape index (κ2) is 8.67. The number of carbonyl (C=O) groups is 1. The number of nitrogens with one attached hydrogen (secondary N) is 1. The minimum atomic E-state index is -0.0353. The van der Waals surface area contributed by atoms with Gasteiger partial charge in [0.2, 0.25) is 0 Å². The van der Waals surface area contributed by atoms with E-state index in [1.54, 1.807) is 18.0 Å². The fraction of sp³-hybridized carbons (Fsp3) is 0.474. The molecule has 1 unspecified atom stereocenters. The number of hydrogen-bond acceptors (Lipinski definition) is 3. The molecule has 0 bridgehead atoms. The van der Waals surface area contributed by atoms with Crippen molar-refractivity contribution in [1.29, 1.82) is 0 Å². The topological polar surface area (TPSA) is 59.4 Å². The van der Waals surface area contributed by atoms with Gasteiger partial charge in [-0.15, -0.1) is 0 Å². The molecule has 2 amide bonds. The van der Waals surface area contributed by atoms with Crippen molar-refractivity contribution in [2.75, 3.05) is 25.6 Å². The molecule has 0 radical (unpaired) electrons. The average molecular weight is 342 g/mol. The molecule has 1 fully saturated rings. The number of benzene rings is 1. The van der Waals surface area contributed by atoms with Gasteiger partial charge < -0.3 is 15.0 Å². The summed E-state index contributed by atoms with van der Waals surface area (Å²) >= 11 is 0. The van der Waals surface area contributed by atoms with Gasteiger partial charge in [0, 0.05) is 25.9 Å². The van der Waals surface area contributed by atoms with E-state index in [1.165, 1.54) is 12.0 Å². The third-order valence-corrected chi connectivity index (χ3v) is 4.61. The lowest BCUT2D eigenvalue weighted by atomic mass is 9.96. The van der Waals surface area contributed by atoms with E-state index >= 15 is 0 Å². The van der Waals surface area contributed by atoms with Crippen molar-refractivity contribution < 1.29 is 9.53 Å². The lowest BCUT2D eigenvalue weighted by Gasteiger charge is -2.35. The zero-order chi connectivity index (χ0) is 17.5. The Balaban J connectivity index is 1.61. The fourth-order valence-corrected chi connectivity index (χ4v) is 3.30. The van der Waals surface area contributed by atoms with Crippen molar-refractivity contribution in [1.82, 2.24) is 14.7 Å². The second-order valence-corrected chi connectivity index (χ2v) is 6.45. The molecule has 2 aromatic rings. The first kappa shape index (κ1) is 17.5. The highest BCUT2D eigenvalue weighted by Gasteiger charge is 2.27. The molecule has 1 aromatic heterocycles. The monoisotopic (exact) mass is 342 g/mol. The number of likely N-dealkylation sites (tertiary alicyclic amines) is 1. The van der Waals surface area contributed by atoms with E-state index in [4.69, 9.17) is 4.74 Å². The molecule has 0 spiro atoms. The number of ether oxygens (including phenoxy) is 1. The second-order valence-electron chi connectivity index (χ2n) is 6.45. The zero-order valence-corrected chi connectivity index (χ0v) is 14.7. The number of carbonyl (C=O) groups excluding carboxylic acids is 1. The molecule has 0 saturated carbocycles. The number of piperidine rings is 1. The molecule has 0 aliphatic carbocycles. The smallest absolute Gasteiger partial charge is 0.322 e. The normalized spacial score (nSPS) is 17.5. The Kier molecular flexibility index (Phi) is 6.06. The first-order valence-corrected chi connectivity index (χ1v) is 8.89. The van der Waals surface area contributed by atoms with Crippen LogP contribution in [0.5, 0.6) is 0 Å². The van der Waals surface area contributed by atoms with E-state index < -0.39 is 0 Å². The van der Waals surface area contributed by atoms with Crippen molar-refractivity contribution in [3.8, 4) is 0 Å². The highest BCUT2D eigenvalue weighted by atomic mass is 16.5. The van der Waals surface area contributed by atoms with E-state index in [9.17, 15) is 4.79 Å². The molecule has 1 saturated heterocycles. The molecule has 2 heterocycles. The number of anilines is 1. The van der Waals surface area contributed by atoms with Crippen LogP contribution in [0.15, 0.2) is 42.7 Å². The van der Waals surface area contributed by atoms with Gasteiger partial charge in [-0.25, -0.2) is 4.79 Å². The number of urea groups is 1. The van der Waals surface area contributed by atoms with E-state index in [0.29, 0.717) is 13.2 Å². The summed E-state index contributed by atoms with van der Waals surface area (Å²) < 4.78 is 6.82. The Morgan fingerprint density at radius 3 is 2.96 bits per heavy atom. The van der Waals surface area contributed by atoms with Crippen LogP contribution in [0, 0.1) is 0 Å². The first-order valence-electron chi connectivity index (χ1n) is 8.89. The molecule has 6 heteroatoms. The van der Waals surface area contributed by atoms with Crippen molar-refractivity contribution in [2.45, 2.75) is 38.3 Å². The SMILES string of the molecule is COCCn1cc(NC(=O)N2CCCCC2Cc2ccccc2)cn1. The summed E-state index contributed by atoms with van der Waals surface area (Å²) in [4.78, 5) is 14.7. The van der Waals surface area contributed by atoms with Crippen LogP contribution in [0.2, 0.25) is 0 Å². The molecular weight excluding hydrogens is 316 g/mol. The molecule has 3 rings (SSSR count). The highest BCUT2D eigenvalue weighted by molar-refractivity contribution is 5.89. The molecule has 1 N–H and O–H groups in total. The average Bonchev–Trinajstić information content (AvgIpc) is 3.08. The molecule has 1 aliphatic heterocycles. The first-order chi connectivity index (χ1) is 12.3. The van der Waals surface area contributed by atoms with Gasteiger partial charge in [0.05, 0.1) is 25.0 Å². The largest absolute Gasteiger partial charge is 0.383 e. The number of amides is 2. The summed E-state index contributed by atoms with van der Waals surface area (Å²) in [6.45, 7) is 2.08. The van der Waals surface area contributed by atoms with Crippen molar-refractivity contribution >= 4 is 11.7 Å². The summed E-state index contributed by atoms with van der Waals surface area (Å²) in [5.74, 6) is 0. The number of hydrogen-bond donors (Lipinski definition) is 1. The summed E-state index contributed by atoms with van der Waals surface area (Å²) in [6, 6.07) is 10.6. The van der Waals surface area contributed by atoms with E-state index in [-0.39, 0.29) is 12.1 Å². The lowest BCUT2D eigenvalue weighted by Crippen LogP contribution is -2.46. The maximum atomic E-state index is 12.7. The van der Waals surface area contributed by atoms with Crippen LogP contribution < -0.4 is 5.32 Å². The van der Waals surface area contributed by atoms with Gasteiger partial charge in [0.15, 0.2) is 0 Å². The van der Waals surface area contributed by atoms with Crippen LogP contribution in [-0.2, 0) is 17.7 Å². The van der Waals surface area contributed by atoms with Gasteiger partial charge in [-0.1, -0.05) is 30.3 Å². The summed E-state index contributed by atoms with van der Waals surface area (Å²) in [6.07, 6.45) is 7.72. The Hall–Kier alpha value is -2.34. The zero-order valence-electron chi connectivity index (χ0n) is 14.7. The lowest BCUT2D eigenvalue weighted by molar-refractivity contribution is 0.162. The predicted octanol–water partition coefficient (Wildman–Crippen LogP) is 3.16. The van der Waals surface area contributed by atoms with Crippen LogP contribution in [0.4, 0.5) is 10.5 Å². The highest BCUT2D eigenvalue weighted by Crippen LogP contribution is 2.22. The number of methoxy groups -OCH3 is 1. The maximum Gasteiger partial charge on any atom is 0.322 e. The Morgan fingerprint density at radius 1 is 1.32 bits per heavy atom. The van der Waals surface area contributed by atoms with Crippen LogP contribution in [0.25, 0.3) is 0 Å². The summed E-state index contributed by atoms with van der Waals surface area (Å²) in [7, 11) is 1.66. The van der Waals surface area contributed by atoms with Gasteiger partial charge in [-0.05, 0) is 31.2 Å². The Bertz CT molecular complexity index is 671. The summed E-state index contributed by atoms with van der Waals surface area (Å²) in [5, 5.41) is 7.23. The van der Waals surface area contributed by atoms with Crippen molar-refractivity contribution in [3.05, 3.63) is 48.3 Å². The van der Waals surface area contributed by atoms with Gasteiger partial charge in [-0.2, -0.15) is 5.10 Å². The quantitative estimate of drug-likeness (QED) is 0.877. The number of aromatic nitrogens is 2. The van der Waals surface area contributed by atoms with Crippen LogP contribution in [0.1, 0.15) is 24.8 Å². The summed E-state index contributed by atoms with van der Waals surface area (Å²) in [5.41, 5.74) is 2.00. The molecule has 134 valence electrons. The fourth-order valence-electron chi connectivity index (χ4n) is 3.30. The Morgan fingerprint density at radius 2 is 2.16 bits per heavy atom. The van der Waals surface area contributed by atoms with Gasteiger partial charge >= 0.3 is 6.03 Å². The molecule has 25 heavy (non-hydrogen) atoms.